The maximum atomic E-state index is 11.1. The highest BCUT2D eigenvalue weighted by atomic mass is 16.6. The molecule has 0 bridgehead atoms. The zero-order chi connectivity index (χ0) is 12.4. The van der Waals surface area contributed by atoms with Crippen molar-refractivity contribution >= 4 is 6.29 Å². The second-order valence-corrected chi connectivity index (χ2v) is 4.20. The van der Waals surface area contributed by atoms with Crippen molar-refractivity contribution in [2.75, 3.05) is 6.54 Å². The summed E-state index contributed by atoms with van der Waals surface area (Å²) in [5, 5.41) is 10.7. The lowest BCUT2D eigenvalue weighted by molar-refractivity contribution is -0.485. The number of carbonyl (C=O) groups excluding carboxylic acids is 1. The van der Waals surface area contributed by atoms with Crippen LogP contribution in [0.4, 0.5) is 0 Å². The minimum Gasteiger partial charge on any atom is -0.490 e. The van der Waals surface area contributed by atoms with Crippen molar-refractivity contribution in [1.29, 1.82) is 0 Å². The first-order valence-electron chi connectivity index (χ1n) is 5.46. The fourth-order valence-corrected chi connectivity index (χ4v) is 2.29. The summed E-state index contributed by atoms with van der Waals surface area (Å²) in [6.07, 6.45) is 0.432. The maximum absolute atomic E-state index is 11.1. The summed E-state index contributed by atoms with van der Waals surface area (Å²) in [4.78, 5) is 21.4. The van der Waals surface area contributed by atoms with Crippen LogP contribution in [-0.2, 0) is 4.79 Å². The predicted molar refractivity (Wildman–Crippen MR) is 60.7 cm³/mol. The lowest BCUT2D eigenvalue weighted by atomic mass is 9.81. The van der Waals surface area contributed by atoms with E-state index in [1.165, 1.54) is 0 Å². The molecule has 0 saturated heterocycles. The summed E-state index contributed by atoms with van der Waals surface area (Å²) in [6, 6.07) is 7.18. The Labute approximate surface area is 98.5 Å². The Bertz CT molecular complexity index is 446. The maximum Gasteiger partial charge on any atom is 0.211 e. The Morgan fingerprint density at radius 3 is 2.82 bits per heavy atom. The second kappa shape index (κ2) is 4.53. The van der Waals surface area contributed by atoms with Gasteiger partial charge in [0.15, 0.2) is 0 Å². The summed E-state index contributed by atoms with van der Waals surface area (Å²) < 4.78 is 5.59. The first-order chi connectivity index (χ1) is 8.13. The Morgan fingerprint density at radius 2 is 2.18 bits per heavy atom. The number of benzene rings is 1. The molecule has 0 spiro atoms. The molecule has 5 heteroatoms. The number of aldehydes is 1. The van der Waals surface area contributed by atoms with E-state index in [0.717, 1.165) is 11.8 Å². The molecule has 2 rings (SSSR count). The van der Waals surface area contributed by atoms with Crippen molar-refractivity contribution < 1.29 is 14.5 Å². The number of nitro groups is 1. The second-order valence-electron chi connectivity index (χ2n) is 4.20. The van der Waals surface area contributed by atoms with Gasteiger partial charge in [-0.15, -0.1) is 0 Å². The molecule has 1 heterocycles. The van der Waals surface area contributed by atoms with Gasteiger partial charge in [-0.3, -0.25) is 10.1 Å². The van der Waals surface area contributed by atoms with Gasteiger partial charge in [0.1, 0.15) is 18.1 Å². The monoisotopic (exact) mass is 235 g/mol. The first kappa shape index (κ1) is 11.6. The van der Waals surface area contributed by atoms with Crippen molar-refractivity contribution in [3.63, 3.8) is 0 Å². The van der Waals surface area contributed by atoms with Crippen molar-refractivity contribution in [1.82, 2.24) is 0 Å². The van der Waals surface area contributed by atoms with Crippen LogP contribution in [0.15, 0.2) is 24.3 Å². The zero-order valence-electron chi connectivity index (χ0n) is 9.41. The molecule has 3 atom stereocenters. The number of hydrogen-bond donors (Lipinski definition) is 0. The van der Waals surface area contributed by atoms with Gasteiger partial charge in [-0.05, 0) is 13.0 Å². The lowest BCUT2D eigenvalue weighted by Gasteiger charge is -2.33. The van der Waals surface area contributed by atoms with Gasteiger partial charge in [0, 0.05) is 10.5 Å². The van der Waals surface area contributed by atoms with Gasteiger partial charge in [0.05, 0.1) is 11.8 Å². The molecule has 17 heavy (non-hydrogen) atoms. The Morgan fingerprint density at radius 1 is 1.47 bits per heavy atom. The van der Waals surface area contributed by atoms with Gasteiger partial charge < -0.3 is 9.53 Å². The average Bonchev–Trinajstić information content (AvgIpc) is 2.28. The summed E-state index contributed by atoms with van der Waals surface area (Å²) in [6.45, 7) is 1.52. The first-order valence-corrected chi connectivity index (χ1v) is 5.46. The molecular formula is C12H13NO4. The Kier molecular flexibility index (Phi) is 3.08. The van der Waals surface area contributed by atoms with Gasteiger partial charge in [0.2, 0.25) is 6.54 Å². The number of rotatable bonds is 3. The molecule has 0 aliphatic carbocycles. The van der Waals surface area contributed by atoms with Gasteiger partial charge in [-0.1, -0.05) is 18.2 Å². The number of nitrogens with zero attached hydrogens (tertiary/aromatic N) is 1. The summed E-state index contributed by atoms with van der Waals surface area (Å²) >= 11 is 0. The molecule has 0 radical (unpaired) electrons. The van der Waals surface area contributed by atoms with Gasteiger partial charge in [-0.2, -0.15) is 0 Å². The Hall–Kier alpha value is -1.91. The predicted octanol–water partition coefficient (Wildman–Crippen LogP) is 1.64. The van der Waals surface area contributed by atoms with Crippen LogP contribution < -0.4 is 4.74 Å². The molecular weight excluding hydrogens is 222 g/mol. The largest absolute Gasteiger partial charge is 0.490 e. The highest BCUT2D eigenvalue weighted by molar-refractivity contribution is 5.59. The number of fused-ring (bicyclic) bond motifs is 1. The van der Waals surface area contributed by atoms with Crippen LogP contribution in [-0.4, -0.2) is 23.9 Å². The summed E-state index contributed by atoms with van der Waals surface area (Å²) in [5.41, 5.74) is 0.749. The summed E-state index contributed by atoms with van der Waals surface area (Å²) in [5.74, 6) is -0.220. The zero-order valence-corrected chi connectivity index (χ0v) is 9.41. The minimum atomic E-state index is -0.463. The third-order valence-electron chi connectivity index (χ3n) is 3.14. The lowest BCUT2D eigenvalue weighted by Crippen LogP contribution is -2.37. The van der Waals surface area contributed by atoms with E-state index in [1.807, 2.05) is 6.07 Å². The van der Waals surface area contributed by atoms with Crippen LogP contribution in [0.5, 0.6) is 5.75 Å². The van der Waals surface area contributed by atoms with E-state index in [2.05, 4.69) is 0 Å². The molecule has 1 aliphatic heterocycles. The van der Waals surface area contributed by atoms with E-state index < -0.39 is 11.8 Å². The van der Waals surface area contributed by atoms with Gasteiger partial charge >= 0.3 is 0 Å². The number of ether oxygens (including phenoxy) is 1. The molecule has 0 amide bonds. The third-order valence-corrected chi connectivity index (χ3v) is 3.14. The van der Waals surface area contributed by atoms with Crippen LogP contribution in [0.25, 0.3) is 0 Å². The molecule has 0 unspecified atom stereocenters. The average molecular weight is 235 g/mol. The topological polar surface area (TPSA) is 69.4 Å². The molecule has 90 valence electrons. The molecule has 0 aromatic heterocycles. The smallest absolute Gasteiger partial charge is 0.211 e. The molecule has 1 aliphatic rings. The van der Waals surface area contributed by atoms with E-state index in [-0.39, 0.29) is 17.6 Å². The van der Waals surface area contributed by atoms with E-state index in [0.29, 0.717) is 5.75 Å². The quantitative estimate of drug-likeness (QED) is 0.453. The fraction of sp³-hybridized carbons (Fsp3) is 0.417. The van der Waals surface area contributed by atoms with E-state index in [4.69, 9.17) is 4.74 Å². The van der Waals surface area contributed by atoms with Gasteiger partial charge in [0.25, 0.3) is 0 Å². The fourth-order valence-electron chi connectivity index (χ4n) is 2.29. The normalized spacial score (nSPS) is 26.8. The molecule has 5 nitrogen and oxygen atoms in total. The van der Waals surface area contributed by atoms with Crippen LogP contribution in [0, 0.1) is 16.0 Å². The van der Waals surface area contributed by atoms with Crippen LogP contribution in [0.3, 0.4) is 0 Å². The van der Waals surface area contributed by atoms with E-state index in [1.54, 1.807) is 25.1 Å². The van der Waals surface area contributed by atoms with Crippen molar-refractivity contribution in [2.24, 2.45) is 5.92 Å². The summed E-state index contributed by atoms with van der Waals surface area (Å²) in [7, 11) is 0. The molecule has 0 fully saturated rings. The van der Waals surface area contributed by atoms with E-state index >= 15 is 0 Å². The van der Waals surface area contributed by atoms with Crippen molar-refractivity contribution in [3.8, 4) is 5.75 Å². The Balaban J connectivity index is 2.42. The highest BCUT2D eigenvalue weighted by Crippen LogP contribution is 2.39. The SMILES string of the molecule is C[C@@H]1Oc2ccccc2[C@H](C[N+](=O)[O-])[C@H]1C=O. The minimum absolute atomic E-state index is 0.242. The number of hydrogen-bond acceptors (Lipinski definition) is 4. The van der Waals surface area contributed by atoms with Crippen LogP contribution in [0.1, 0.15) is 18.4 Å². The van der Waals surface area contributed by atoms with Crippen molar-refractivity contribution in [3.05, 3.63) is 39.9 Å². The molecule has 1 aromatic rings. The number of carbonyl (C=O) groups is 1. The van der Waals surface area contributed by atoms with Gasteiger partial charge in [-0.25, -0.2) is 0 Å². The molecule has 0 N–H and O–H groups in total. The van der Waals surface area contributed by atoms with Crippen LogP contribution >= 0.6 is 0 Å². The van der Waals surface area contributed by atoms with Crippen molar-refractivity contribution in [2.45, 2.75) is 18.9 Å². The standard InChI is InChI=1S/C12H13NO4/c1-8-11(7-14)10(6-13(15)16)9-4-2-3-5-12(9)17-8/h2-5,7-8,10-11H,6H2,1H3/t8-,10-,11-/m0/s1. The van der Waals surface area contributed by atoms with E-state index in [9.17, 15) is 14.9 Å². The highest BCUT2D eigenvalue weighted by Gasteiger charge is 2.38. The van der Waals surface area contributed by atoms with Crippen LogP contribution in [0.2, 0.25) is 0 Å². The number of para-hydroxylation sites is 1. The molecule has 0 saturated carbocycles. The third kappa shape index (κ3) is 2.13. The molecule has 1 aromatic carbocycles.